The molecular weight excluding hydrogens is 441 g/mol. The van der Waals surface area contributed by atoms with Crippen molar-refractivity contribution >= 4 is 11.8 Å². The summed E-state index contributed by atoms with van der Waals surface area (Å²) in [6, 6.07) is 3.53. The largest absolute Gasteiger partial charge is 0.416 e. The van der Waals surface area contributed by atoms with Crippen LogP contribution in [0.5, 0.6) is 0 Å². The highest BCUT2D eigenvalue weighted by Gasteiger charge is 2.57. The van der Waals surface area contributed by atoms with Gasteiger partial charge in [0.2, 0.25) is 0 Å². The smallest absolute Gasteiger partial charge is 0.347 e. The van der Waals surface area contributed by atoms with E-state index in [1.165, 1.54) is 44.7 Å². The topological polar surface area (TPSA) is 58.2 Å². The Morgan fingerprint density at radius 2 is 1.85 bits per heavy atom. The van der Waals surface area contributed by atoms with Gasteiger partial charge in [-0.2, -0.15) is 13.2 Å². The minimum atomic E-state index is -4.55. The number of aryl methyl sites for hydroxylation is 1. The Kier molecular flexibility index (Phi) is 5.41. The van der Waals surface area contributed by atoms with E-state index in [9.17, 15) is 22.8 Å². The molecule has 0 spiro atoms. The molecular formula is C27H33F3N2O2. The standard InChI is InChI=1S/C27H33F3N2O2/c1-15-6-7-16(13-20(15)27(28,29)30)23(33)31-21-14-26(3)19-10-12-25(2)11-4-5-18(25)17(19)8-9-22(26)32-24(21)34/h6-7,13-14,17-19,22H,4-5,8-12H2,1-3H3,(H,31,33)(H,32,34)/t17-,18-,19+,22?,25-,26+/m0/s1. The molecule has 0 saturated heterocycles. The quantitative estimate of drug-likeness (QED) is 0.573. The molecule has 1 aromatic carbocycles. The van der Waals surface area contributed by atoms with Crippen LogP contribution in [-0.2, 0) is 11.0 Å². The number of hydrogen-bond acceptors (Lipinski definition) is 2. The highest BCUT2D eigenvalue weighted by Crippen LogP contribution is 2.63. The lowest BCUT2D eigenvalue weighted by Crippen LogP contribution is -2.60. The first kappa shape index (κ1) is 23.4. The fourth-order valence-corrected chi connectivity index (χ4v) is 7.79. The number of amides is 2. The zero-order chi connectivity index (χ0) is 24.5. The number of halogens is 3. The SMILES string of the molecule is Cc1ccc(C(=O)NC2=C[C@@]3(C)C(CC[C@@H]4[C@H]3CC[C@]3(C)CCC[C@@H]43)NC2=O)cc1C(F)(F)F. The Balaban J connectivity index is 1.42. The summed E-state index contributed by atoms with van der Waals surface area (Å²) in [5.41, 5.74) is -0.610. The normalized spacial score (nSPS) is 37.1. The van der Waals surface area contributed by atoms with Gasteiger partial charge in [0, 0.05) is 17.0 Å². The van der Waals surface area contributed by atoms with Crippen LogP contribution in [0.25, 0.3) is 0 Å². The molecule has 4 aliphatic rings. The van der Waals surface area contributed by atoms with Crippen molar-refractivity contribution in [2.45, 2.75) is 77.9 Å². The van der Waals surface area contributed by atoms with E-state index in [0.29, 0.717) is 23.2 Å². The van der Waals surface area contributed by atoms with Gasteiger partial charge in [0.25, 0.3) is 11.8 Å². The molecule has 4 nitrogen and oxygen atoms in total. The fraction of sp³-hybridized carbons (Fsp3) is 0.630. The highest BCUT2D eigenvalue weighted by atomic mass is 19.4. The molecule has 6 atom stereocenters. The summed E-state index contributed by atoms with van der Waals surface area (Å²) in [5.74, 6) is 0.678. The van der Waals surface area contributed by atoms with Gasteiger partial charge >= 0.3 is 6.18 Å². The van der Waals surface area contributed by atoms with Crippen LogP contribution < -0.4 is 10.6 Å². The van der Waals surface area contributed by atoms with Crippen LogP contribution in [0.1, 0.15) is 80.3 Å². The summed E-state index contributed by atoms with van der Waals surface area (Å²) in [6.07, 6.45) is 5.55. The summed E-state index contributed by atoms with van der Waals surface area (Å²) in [4.78, 5) is 25.7. The van der Waals surface area contributed by atoms with Crippen molar-refractivity contribution in [2.75, 3.05) is 0 Å². The second-order valence-electron chi connectivity index (χ2n) is 11.5. The molecule has 3 fully saturated rings. The maximum atomic E-state index is 13.3. The molecule has 2 N–H and O–H groups in total. The molecule has 184 valence electrons. The van der Waals surface area contributed by atoms with Gasteiger partial charge in [0.1, 0.15) is 5.70 Å². The lowest BCUT2D eigenvalue weighted by molar-refractivity contribution is -0.138. The van der Waals surface area contributed by atoms with E-state index in [1.54, 1.807) is 0 Å². The van der Waals surface area contributed by atoms with Crippen LogP contribution in [0.3, 0.4) is 0 Å². The monoisotopic (exact) mass is 474 g/mol. The maximum Gasteiger partial charge on any atom is 0.416 e. The van der Waals surface area contributed by atoms with Crippen molar-refractivity contribution in [3.63, 3.8) is 0 Å². The van der Waals surface area contributed by atoms with Gasteiger partial charge in [0.05, 0.1) is 5.56 Å². The van der Waals surface area contributed by atoms with Crippen molar-refractivity contribution in [3.8, 4) is 0 Å². The number of nitrogens with one attached hydrogen (secondary N) is 2. The molecule has 2 amide bonds. The minimum Gasteiger partial charge on any atom is -0.347 e. The summed E-state index contributed by atoms with van der Waals surface area (Å²) < 4.78 is 40.0. The molecule has 5 rings (SSSR count). The number of rotatable bonds is 2. The van der Waals surface area contributed by atoms with E-state index < -0.39 is 17.6 Å². The summed E-state index contributed by atoms with van der Waals surface area (Å²) in [5, 5.41) is 5.74. The third-order valence-electron chi connectivity index (χ3n) is 9.62. The number of alkyl halides is 3. The third kappa shape index (κ3) is 3.66. The average Bonchev–Trinajstić information content (AvgIpc) is 3.16. The van der Waals surface area contributed by atoms with E-state index in [-0.39, 0.29) is 34.2 Å². The molecule has 1 heterocycles. The molecule has 34 heavy (non-hydrogen) atoms. The van der Waals surface area contributed by atoms with Gasteiger partial charge in [-0.05, 0) is 92.4 Å². The average molecular weight is 475 g/mol. The van der Waals surface area contributed by atoms with E-state index in [0.717, 1.165) is 25.3 Å². The van der Waals surface area contributed by atoms with Crippen LogP contribution in [0.4, 0.5) is 13.2 Å². The fourth-order valence-electron chi connectivity index (χ4n) is 7.79. The van der Waals surface area contributed by atoms with Crippen molar-refractivity contribution in [1.29, 1.82) is 0 Å². The zero-order valence-corrected chi connectivity index (χ0v) is 20.0. The van der Waals surface area contributed by atoms with Crippen molar-refractivity contribution in [1.82, 2.24) is 10.6 Å². The molecule has 0 bridgehead atoms. The van der Waals surface area contributed by atoms with Gasteiger partial charge in [-0.25, -0.2) is 0 Å². The van der Waals surface area contributed by atoms with Gasteiger partial charge < -0.3 is 10.6 Å². The minimum absolute atomic E-state index is 0.0175. The van der Waals surface area contributed by atoms with Crippen molar-refractivity contribution in [3.05, 3.63) is 46.7 Å². The van der Waals surface area contributed by atoms with Crippen LogP contribution >= 0.6 is 0 Å². The number of carbonyl (C=O) groups is 2. The maximum absolute atomic E-state index is 13.3. The van der Waals surface area contributed by atoms with E-state index in [1.807, 2.05) is 6.08 Å². The summed E-state index contributed by atoms with van der Waals surface area (Å²) in [7, 11) is 0. The van der Waals surface area contributed by atoms with E-state index in [2.05, 4.69) is 24.5 Å². The van der Waals surface area contributed by atoms with Crippen molar-refractivity contribution < 1.29 is 22.8 Å². The number of hydrogen-bond donors (Lipinski definition) is 2. The first-order valence-electron chi connectivity index (χ1n) is 12.5. The second kappa shape index (κ2) is 7.85. The molecule has 0 aromatic heterocycles. The Bertz CT molecular complexity index is 1060. The van der Waals surface area contributed by atoms with Gasteiger partial charge in [-0.1, -0.05) is 26.3 Å². The zero-order valence-electron chi connectivity index (χ0n) is 20.0. The van der Waals surface area contributed by atoms with Crippen LogP contribution in [-0.4, -0.2) is 17.9 Å². The Labute approximate surface area is 198 Å². The first-order valence-corrected chi connectivity index (χ1v) is 12.5. The highest BCUT2D eigenvalue weighted by molar-refractivity contribution is 6.03. The van der Waals surface area contributed by atoms with Gasteiger partial charge in [0.15, 0.2) is 0 Å². The Morgan fingerprint density at radius 3 is 2.59 bits per heavy atom. The number of carbonyl (C=O) groups excluding carboxylic acids is 2. The van der Waals surface area contributed by atoms with Gasteiger partial charge in [-0.15, -0.1) is 0 Å². The van der Waals surface area contributed by atoms with Crippen molar-refractivity contribution in [2.24, 2.45) is 28.6 Å². The van der Waals surface area contributed by atoms with E-state index >= 15 is 0 Å². The predicted octanol–water partition coefficient (Wildman–Crippen LogP) is 5.76. The Morgan fingerprint density at radius 1 is 1.09 bits per heavy atom. The lowest BCUT2D eigenvalue weighted by Gasteiger charge is -2.58. The molecule has 1 unspecified atom stereocenters. The van der Waals surface area contributed by atoms with E-state index in [4.69, 9.17) is 0 Å². The molecule has 7 heteroatoms. The summed E-state index contributed by atoms with van der Waals surface area (Å²) in [6.45, 7) is 5.99. The Hall–Kier alpha value is -2.31. The molecule has 1 aromatic rings. The summed E-state index contributed by atoms with van der Waals surface area (Å²) >= 11 is 0. The lowest BCUT2D eigenvalue weighted by atomic mass is 9.48. The van der Waals surface area contributed by atoms with Gasteiger partial charge in [-0.3, -0.25) is 9.59 Å². The molecule has 1 aliphatic heterocycles. The molecule has 3 aliphatic carbocycles. The number of benzene rings is 1. The van der Waals surface area contributed by atoms with Crippen LogP contribution in [0, 0.1) is 35.5 Å². The molecule has 0 radical (unpaired) electrons. The van der Waals surface area contributed by atoms with Crippen LogP contribution in [0.15, 0.2) is 30.0 Å². The van der Waals surface area contributed by atoms with Crippen LogP contribution in [0.2, 0.25) is 0 Å². The molecule has 3 saturated carbocycles. The second-order valence-corrected chi connectivity index (χ2v) is 11.5. The third-order valence-corrected chi connectivity index (χ3v) is 9.62. The predicted molar refractivity (Wildman–Crippen MR) is 123 cm³/mol. The first-order chi connectivity index (χ1) is 15.9. The number of fused-ring (bicyclic) bond motifs is 5.